The van der Waals surface area contributed by atoms with Gasteiger partial charge in [-0.25, -0.2) is 14.8 Å². The molecule has 0 aliphatic heterocycles. The Labute approximate surface area is 142 Å². The van der Waals surface area contributed by atoms with Gasteiger partial charge in [0.25, 0.3) is 0 Å². The summed E-state index contributed by atoms with van der Waals surface area (Å²) in [5.74, 6) is 0.975. The van der Waals surface area contributed by atoms with E-state index in [1.165, 1.54) is 4.80 Å². The standard InChI is InChI=1S/C13H19BrN8O/c1-8(11-15-5-9(14)6-16-11)18-12(23)17-7-10-19-21-22(20-10)13(2,3)4/h5-6,8H,7H2,1-4H3,(H2,17,18,23). The quantitative estimate of drug-likeness (QED) is 0.829. The lowest BCUT2D eigenvalue weighted by atomic mass is 10.1. The van der Waals surface area contributed by atoms with Crippen LogP contribution in [0.5, 0.6) is 0 Å². The van der Waals surface area contributed by atoms with Crippen LogP contribution in [-0.4, -0.2) is 36.2 Å². The van der Waals surface area contributed by atoms with Crippen molar-refractivity contribution in [2.75, 3.05) is 0 Å². The number of hydrogen-bond acceptors (Lipinski definition) is 6. The molecule has 124 valence electrons. The normalized spacial score (nSPS) is 12.7. The van der Waals surface area contributed by atoms with Gasteiger partial charge in [-0.15, -0.1) is 10.2 Å². The van der Waals surface area contributed by atoms with Gasteiger partial charge < -0.3 is 10.6 Å². The van der Waals surface area contributed by atoms with Crippen LogP contribution in [-0.2, 0) is 12.1 Å². The zero-order valence-electron chi connectivity index (χ0n) is 13.4. The lowest BCUT2D eigenvalue weighted by molar-refractivity contribution is 0.236. The molecule has 0 aliphatic rings. The van der Waals surface area contributed by atoms with Crippen molar-refractivity contribution in [1.29, 1.82) is 0 Å². The molecule has 23 heavy (non-hydrogen) atoms. The maximum absolute atomic E-state index is 11.9. The number of halogens is 1. The van der Waals surface area contributed by atoms with Crippen molar-refractivity contribution in [1.82, 2.24) is 40.8 Å². The third-order valence-corrected chi connectivity index (χ3v) is 3.25. The van der Waals surface area contributed by atoms with Crippen molar-refractivity contribution in [2.45, 2.75) is 45.8 Å². The Balaban J connectivity index is 1.85. The van der Waals surface area contributed by atoms with Gasteiger partial charge in [0.05, 0.1) is 22.6 Å². The van der Waals surface area contributed by atoms with E-state index >= 15 is 0 Å². The fourth-order valence-electron chi connectivity index (χ4n) is 1.62. The van der Waals surface area contributed by atoms with E-state index in [4.69, 9.17) is 0 Å². The second-order valence-electron chi connectivity index (χ2n) is 5.97. The summed E-state index contributed by atoms with van der Waals surface area (Å²) >= 11 is 3.27. The van der Waals surface area contributed by atoms with Gasteiger partial charge in [-0.05, 0) is 48.8 Å². The molecule has 1 unspecified atom stereocenters. The van der Waals surface area contributed by atoms with Crippen LogP contribution >= 0.6 is 15.9 Å². The van der Waals surface area contributed by atoms with E-state index in [1.54, 1.807) is 19.3 Å². The Morgan fingerprint density at radius 1 is 1.35 bits per heavy atom. The number of amides is 2. The minimum atomic E-state index is -0.351. The maximum Gasteiger partial charge on any atom is 0.315 e. The number of urea groups is 1. The Kier molecular flexibility index (Phi) is 5.24. The number of rotatable bonds is 4. The highest BCUT2D eigenvalue weighted by atomic mass is 79.9. The van der Waals surface area contributed by atoms with Crippen LogP contribution in [0.15, 0.2) is 16.9 Å². The molecule has 0 fully saturated rings. The summed E-state index contributed by atoms with van der Waals surface area (Å²) in [6.07, 6.45) is 3.26. The van der Waals surface area contributed by atoms with Gasteiger partial charge in [0, 0.05) is 12.4 Å². The lowest BCUT2D eigenvalue weighted by Gasteiger charge is -2.15. The van der Waals surface area contributed by atoms with Gasteiger partial charge in [0.2, 0.25) is 0 Å². The predicted molar refractivity (Wildman–Crippen MR) is 86.3 cm³/mol. The third kappa shape index (κ3) is 4.95. The van der Waals surface area contributed by atoms with Crippen LogP contribution in [0.2, 0.25) is 0 Å². The number of carbonyl (C=O) groups is 1. The second-order valence-corrected chi connectivity index (χ2v) is 6.89. The summed E-state index contributed by atoms with van der Waals surface area (Å²) < 4.78 is 0.783. The summed E-state index contributed by atoms with van der Waals surface area (Å²) in [6, 6.07) is -0.669. The highest BCUT2D eigenvalue weighted by Gasteiger charge is 2.17. The van der Waals surface area contributed by atoms with E-state index in [9.17, 15) is 4.79 Å². The summed E-state index contributed by atoms with van der Waals surface area (Å²) in [5.41, 5.74) is -0.249. The Bertz CT molecular complexity index is 663. The molecule has 10 heteroatoms. The molecule has 0 spiro atoms. The first kappa shape index (κ1) is 17.3. The van der Waals surface area contributed by atoms with E-state index in [2.05, 4.69) is 51.9 Å². The van der Waals surface area contributed by atoms with E-state index in [0.29, 0.717) is 11.6 Å². The predicted octanol–water partition coefficient (Wildman–Crippen LogP) is 1.54. The average Bonchev–Trinajstić information content (AvgIpc) is 2.95. The van der Waals surface area contributed by atoms with Gasteiger partial charge in [-0.1, -0.05) is 0 Å². The first-order valence-corrected chi connectivity index (χ1v) is 7.86. The topological polar surface area (TPSA) is 111 Å². The monoisotopic (exact) mass is 382 g/mol. The summed E-state index contributed by atoms with van der Waals surface area (Å²) in [5, 5.41) is 17.5. The van der Waals surface area contributed by atoms with Crippen molar-refractivity contribution in [3.8, 4) is 0 Å². The number of aromatic nitrogens is 6. The Morgan fingerprint density at radius 3 is 2.57 bits per heavy atom. The SMILES string of the molecule is CC(NC(=O)NCc1nnn(C(C)(C)C)n1)c1ncc(Br)cn1. The van der Waals surface area contributed by atoms with Crippen LogP contribution in [0.1, 0.15) is 45.4 Å². The van der Waals surface area contributed by atoms with Crippen molar-refractivity contribution < 1.29 is 4.79 Å². The zero-order chi connectivity index (χ0) is 17.0. The van der Waals surface area contributed by atoms with E-state index in [-0.39, 0.29) is 24.2 Å². The number of hydrogen-bond donors (Lipinski definition) is 2. The van der Waals surface area contributed by atoms with Gasteiger partial charge in [0.1, 0.15) is 5.82 Å². The minimum Gasteiger partial charge on any atom is -0.331 e. The molecular weight excluding hydrogens is 364 g/mol. The van der Waals surface area contributed by atoms with Crippen molar-refractivity contribution in [3.63, 3.8) is 0 Å². The highest BCUT2D eigenvalue weighted by molar-refractivity contribution is 9.10. The molecule has 2 aromatic rings. The zero-order valence-corrected chi connectivity index (χ0v) is 15.0. The van der Waals surface area contributed by atoms with Gasteiger partial charge in [0.15, 0.2) is 5.82 Å². The van der Waals surface area contributed by atoms with Crippen LogP contribution in [0.4, 0.5) is 4.79 Å². The summed E-state index contributed by atoms with van der Waals surface area (Å²) in [6.45, 7) is 7.91. The molecule has 9 nitrogen and oxygen atoms in total. The smallest absolute Gasteiger partial charge is 0.315 e. The van der Waals surface area contributed by atoms with Crippen LogP contribution in [0, 0.1) is 0 Å². The van der Waals surface area contributed by atoms with E-state index < -0.39 is 0 Å². The van der Waals surface area contributed by atoms with Crippen LogP contribution < -0.4 is 10.6 Å². The van der Waals surface area contributed by atoms with E-state index in [1.807, 2.05) is 20.8 Å². The van der Waals surface area contributed by atoms with Crippen molar-refractivity contribution in [3.05, 3.63) is 28.5 Å². The number of tetrazole rings is 1. The molecule has 0 saturated heterocycles. The maximum atomic E-state index is 11.9. The number of nitrogens with one attached hydrogen (secondary N) is 2. The molecule has 0 aromatic carbocycles. The Morgan fingerprint density at radius 2 is 2.00 bits per heavy atom. The highest BCUT2D eigenvalue weighted by Crippen LogP contribution is 2.10. The average molecular weight is 383 g/mol. The minimum absolute atomic E-state index is 0.190. The molecule has 0 saturated carbocycles. The van der Waals surface area contributed by atoms with Gasteiger partial charge in [-0.3, -0.25) is 0 Å². The third-order valence-electron chi connectivity index (χ3n) is 2.84. The lowest BCUT2D eigenvalue weighted by Crippen LogP contribution is -2.37. The molecule has 1 atom stereocenters. The van der Waals surface area contributed by atoms with Crippen molar-refractivity contribution >= 4 is 22.0 Å². The number of carbonyl (C=O) groups excluding carboxylic acids is 1. The van der Waals surface area contributed by atoms with Crippen molar-refractivity contribution in [2.24, 2.45) is 0 Å². The largest absolute Gasteiger partial charge is 0.331 e. The molecule has 2 amide bonds. The summed E-state index contributed by atoms with van der Waals surface area (Å²) in [7, 11) is 0. The first-order chi connectivity index (χ1) is 10.8. The molecule has 0 radical (unpaired) electrons. The number of nitrogens with zero attached hydrogens (tertiary/aromatic N) is 6. The Hall–Kier alpha value is -2.10. The molecule has 2 heterocycles. The molecule has 2 rings (SSSR count). The van der Waals surface area contributed by atoms with E-state index in [0.717, 1.165) is 4.47 Å². The molecule has 0 aliphatic carbocycles. The van der Waals surface area contributed by atoms with Gasteiger partial charge in [-0.2, -0.15) is 4.80 Å². The molecule has 2 N–H and O–H groups in total. The molecular formula is C13H19BrN8O. The fraction of sp³-hybridized carbons (Fsp3) is 0.538. The molecule has 0 bridgehead atoms. The van der Waals surface area contributed by atoms with Crippen LogP contribution in [0.3, 0.4) is 0 Å². The summed E-state index contributed by atoms with van der Waals surface area (Å²) in [4.78, 5) is 21.7. The molecule has 2 aromatic heterocycles. The van der Waals surface area contributed by atoms with Crippen LogP contribution in [0.25, 0.3) is 0 Å². The van der Waals surface area contributed by atoms with Gasteiger partial charge >= 0.3 is 6.03 Å². The fourth-order valence-corrected chi connectivity index (χ4v) is 1.82. The first-order valence-electron chi connectivity index (χ1n) is 7.07. The second kappa shape index (κ2) is 6.99.